The number of benzene rings is 1. The van der Waals surface area contributed by atoms with E-state index in [0.29, 0.717) is 36.8 Å². The van der Waals surface area contributed by atoms with E-state index in [1.54, 1.807) is 25.3 Å². The van der Waals surface area contributed by atoms with Crippen molar-refractivity contribution < 1.29 is 14.3 Å². The van der Waals surface area contributed by atoms with Crippen molar-refractivity contribution >= 4 is 5.91 Å². The molecule has 1 rings (SSSR count). The lowest BCUT2D eigenvalue weighted by Gasteiger charge is -2.11. The highest BCUT2D eigenvalue weighted by Gasteiger charge is 2.10. The lowest BCUT2D eigenvalue weighted by molar-refractivity contribution is 0.0953. The molecule has 1 aromatic rings. The minimum atomic E-state index is -0.134. The zero-order chi connectivity index (χ0) is 13.4. The fourth-order valence-corrected chi connectivity index (χ4v) is 1.49. The van der Waals surface area contributed by atoms with Gasteiger partial charge in [-0.15, -0.1) is 0 Å². The predicted molar refractivity (Wildman–Crippen MR) is 70.2 cm³/mol. The van der Waals surface area contributed by atoms with Crippen LogP contribution in [0.3, 0.4) is 0 Å². The van der Waals surface area contributed by atoms with Gasteiger partial charge in [-0.05, 0) is 38.1 Å². The third-order valence-electron chi connectivity index (χ3n) is 2.39. The Morgan fingerprint density at radius 3 is 2.78 bits per heavy atom. The second-order valence-electron chi connectivity index (χ2n) is 3.70. The Bertz CT molecular complexity index is 394. The number of carbonyl (C=O) groups is 1. The maximum Gasteiger partial charge on any atom is 0.251 e. The van der Waals surface area contributed by atoms with Gasteiger partial charge in [-0.1, -0.05) is 0 Å². The fraction of sp³-hybridized carbons (Fsp3) is 0.462. The summed E-state index contributed by atoms with van der Waals surface area (Å²) in [6.45, 7) is 3.59. The van der Waals surface area contributed by atoms with Gasteiger partial charge in [-0.25, -0.2) is 0 Å². The highest BCUT2D eigenvalue weighted by Crippen LogP contribution is 2.27. The van der Waals surface area contributed by atoms with Crippen molar-refractivity contribution in [2.24, 2.45) is 5.73 Å². The van der Waals surface area contributed by atoms with E-state index in [-0.39, 0.29) is 5.91 Å². The van der Waals surface area contributed by atoms with E-state index in [4.69, 9.17) is 15.2 Å². The summed E-state index contributed by atoms with van der Waals surface area (Å²) in [5.74, 6) is 1.06. The lowest BCUT2D eigenvalue weighted by Crippen LogP contribution is -2.25. The van der Waals surface area contributed by atoms with Gasteiger partial charge >= 0.3 is 0 Å². The molecule has 0 bridgehead atoms. The Labute approximate surface area is 107 Å². The first-order valence-electron chi connectivity index (χ1n) is 6.02. The number of methoxy groups -OCH3 is 1. The molecule has 0 fully saturated rings. The molecule has 1 amide bonds. The molecule has 0 spiro atoms. The van der Waals surface area contributed by atoms with E-state index in [0.717, 1.165) is 6.42 Å². The Morgan fingerprint density at radius 2 is 2.17 bits per heavy atom. The van der Waals surface area contributed by atoms with Crippen LogP contribution in [0, 0.1) is 0 Å². The third-order valence-corrected chi connectivity index (χ3v) is 2.39. The predicted octanol–water partition coefficient (Wildman–Crippen LogP) is 1.17. The highest BCUT2D eigenvalue weighted by molar-refractivity contribution is 5.94. The number of hydrogen-bond acceptors (Lipinski definition) is 4. The maximum absolute atomic E-state index is 11.8. The van der Waals surface area contributed by atoms with Crippen LogP contribution < -0.4 is 20.5 Å². The second-order valence-corrected chi connectivity index (χ2v) is 3.70. The van der Waals surface area contributed by atoms with Crippen LogP contribution in [0.15, 0.2) is 18.2 Å². The molecule has 5 heteroatoms. The molecule has 1 aromatic carbocycles. The number of carbonyl (C=O) groups excluding carboxylic acids is 1. The standard InChI is InChI=1S/C13H20N2O3/c1-3-18-11-6-5-10(9-12(11)17-2)13(16)15-8-4-7-14/h5-6,9H,3-4,7-8,14H2,1-2H3,(H,15,16). The SMILES string of the molecule is CCOc1ccc(C(=O)NCCCN)cc1OC. The number of hydrogen-bond donors (Lipinski definition) is 2. The minimum absolute atomic E-state index is 0.134. The molecule has 100 valence electrons. The molecular weight excluding hydrogens is 232 g/mol. The number of amides is 1. The van der Waals surface area contributed by atoms with Crippen molar-refractivity contribution in [3.05, 3.63) is 23.8 Å². The molecular formula is C13H20N2O3. The molecule has 0 aliphatic heterocycles. The van der Waals surface area contributed by atoms with E-state index in [1.807, 2.05) is 6.92 Å². The average Bonchev–Trinajstić information content (AvgIpc) is 2.39. The van der Waals surface area contributed by atoms with Gasteiger partial charge in [-0.2, -0.15) is 0 Å². The van der Waals surface area contributed by atoms with Gasteiger partial charge in [0.25, 0.3) is 5.91 Å². The van der Waals surface area contributed by atoms with E-state index in [1.165, 1.54) is 0 Å². The quantitative estimate of drug-likeness (QED) is 0.714. The van der Waals surface area contributed by atoms with Gasteiger partial charge in [0, 0.05) is 12.1 Å². The summed E-state index contributed by atoms with van der Waals surface area (Å²) < 4.78 is 10.6. The van der Waals surface area contributed by atoms with Gasteiger partial charge in [0.1, 0.15) is 0 Å². The monoisotopic (exact) mass is 252 g/mol. The topological polar surface area (TPSA) is 73.6 Å². The Balaban J connectivity index is 2.74. The Morgan fingerprint density at radius 1 is 1.39 bits per heavy atom. The first-order valence-corrected chi connectivity index (χ1v) is 6.02. The molecule has 0 aliphatic carbocycles. The average molecular weight is 252 g/mol. The van der Waals surface area contributed by atoms with Crippen LogP contribution in [0.5, 0.6) is 11.5 Å². The summed E-state index contributed by atoms with van der Waals surface area (Å²) in [5, 5.41) is 2.79. The highest BCUT2D eigenvalue weighted by atomic mass is 16.5. The minimum Gasteiger partial charge on any atom is -0.493 e. The third kappa shape index (κ3) is 3.92. The molecule has 5 nitrogen and oxygen atoms in total. The van der Waals surface area contributed by atoms with Gasteiger partial charge in [0.15, 0.2) is 11.5 Å². The van der Waals surface area contributed by atoms with Crippen LogP contribution in [0.2, 0.25) is 0 Å². The van der Waals surface area contributed by atoms with Gasteiger partial charge < -0.3 is 20.5 Å². The summed E-state index contributed by atoms with van der Waals surface area (Å²) in [6.07, 6.45) is 0.764. The van der Waals surface area contributed by atoms with Gasteiger partial charge in [-0.3, -0.25) is 4.79 Å². The summed E-state index contributed by atoms with van der Waals surface area (Å²) in [5.41, 5.74) is 5.91. The molecule has 0 radical (unpaired) electrons. The zero-order valence-electron chi connectivity index (χ0n) is 10.9. The first kappa shape index (κ1) is 14.3. The van der Waals surface area contributed by atoms with Crippen LogP contribution in [-0.2, 0) is 0 Å². The number of nitrogens with one attached hydrogen (secondary N) is 1. The number of rotatable bonds is 7. The zero-order valence-corrected chi connectivity index (χ0v) is 10.9. The Hall–Kier alpha value is -1.75. The summed E-state index contributed by atoms with van der Waals surface area (Å²) in [6, 6.07) is 5.12. The maximum atomic E-state index is 11.8. The first-order chi connectivity index (χ1) is 8.72. The van der Waals surface area contributed by atoms with E-state index < -0.39 is 0 Å². The van der Waals surface area contributed by atoms with E-state index in [9.17, 15) is 4.79 Å². The largest absolute Gasteiger partial charge is 0.493 e. The van der Waals surface area contributed by atoms with Crippen molar-refractivity contribution in [1.82, 2.24) is 5.32 Å². The van der Waals surface area contributed by atoms with Crippen LogP contribution >= 0.6 is 0 Å². The molecule has 3 N–H and O–H groups in total. The second kappa shape index (κ2) is 7.55. The van der Waals surface area contributed by atoms with Crippen LogP contribution in [0.1, 0.15) is 23.7 Å². The Kier molecular flexibility index (Phi) is 6.00. The number of ether oxygens (including phenoxy) is 2. The van der Waals surface area contributed by atoms with Crippen LogP contribution in [0.25, 0.3) is 0 Å². The van der Waals surface area contributed by atoms with Crippen LogP contribution in [0.4, 0.5) is 0 Å². The summed E-state index contributed by atoms with van der Waals surface area (Å²) >= 11 is 0. The molecule has 0 saturated carbocycles. The number of nitrogens with two attached hydrogens (primary N) is 1. The van der Waals surface area contributed by atoms with Gasteiger partial charge in [0.2, 0.25) is 0 Å². The van der Waals surface area contributed by atoms with Gasteiger partial charge in [0.05, 0.1) is 13.7 Å². The summed E-state index contributed by atoms with van der Waals surface area (Å²) in [7, 11) is 1.55. The van der Waals surface area contributed by atoms with Crippen molar-refractivity contribution in [1.29, 1.82) is 0 Å². The van der Waals surface area contributed by atoms with Crippen molar-refractivity contribution in [3.8, 4) is 11.5 Å². The molecule has 0 saturated heterocycles. The molecule has 0 aliphatic rings. The van der Waals surface area contributed by atoms with E-state index >= 15 is 0 Å². The fourth-order valence-electron chi connectivity index (χ4n) is 1.49. The van der Waals surface area contributed by atoms with Crippen molar-refractivity contribution in [2.75, 3.05) is 26.8 Å². The van der Waals surface area contributed by atoms with Crippen LogP contribution in [-0.4, -0.2) is 32.7 Å². The van der Waals surface area contributed by atoms with Crippen molar-refractivity contribution in [3.63, 3.8) is 0 Å². The molecule has 0 atom stereocenters. The van der Waals surface area contributed by atoms with Crippen molar-refractivity contribution in [2.45, 2.75) is 13.3 Å². The molecule has 18 heavy (non-hydrogen) atoms. The molecule has 0 aromatic heterocycles. The lowest BCUT2D eigenvalue weighted by atomic mass is 10.2. The molecule has 0 heterocycles. The normalized spacial score (nSPS) is 9.94. The summed E-state index contributed by atoms with van der Waals surface area (Å²) in [4.78, 5) is 11.8. The molecule has 0 unspecified atom stereocenters. The van der Waals surface area contributed by atoms with E-state index in [2.05, 4.69) is 5.32 Å². The smallest absolute Gasteiger partial charge is 0.251 e.